The number of nitrogens with zero attached hydrogens (tertiary/aromatic N) is 2. The Balaban J connectivity index is 2.29. The highest BCUT2D eigenvalue weighted by molar-refractivity contribution is 7.28. The Morgan fingerprint density at radius 1 is 1.06 bits per heavy atom. The van der Waals surface area contributed by atoms with E-state index in [-0.39, 0.29) is 33.2 Å². The fraction of sp³-hybridized carbons (Fsp3) is 0.208. The molecule has 3 aromatic rings. The van der Waals surface area contributed by atoms with Crippen molar-refractivity contribution in [3.8, 4) is 22.3 Å². The minimum Gasteiger partial charge on any atom is -0.478 e. The monoisotopic (exact) mass is 473 g/mol. The van der Waals surface area contributed by atoms with Gasteiger partial charge in [0.1, 0.15) is 5.82 Å². The topological polar surface area (TPSA) is 74.0 Å². The fourth-order valence-electron chi connectivity index (χ4n) is 3.57. The lowest BCUT2D eigenvalue weighted by Crippen LogP contribution is -2.13. The first kappa shape index (κ1) is 24.6. The number of hydrogen-bond acceptors (Lipinski definition) is 4. The van der Waals surface area contributed by atoms with Crippen LogP contribution in [0.1, 0.15) is 28.4 Å². The Hall–Kier alpha value is -3.09. The summed E-state index contributed by atoms with van der Waals surface area (Å²) in [6.07, 6.45) is 0. The molecule has 0 fully saturated rings. The Labute approximate surface area is 192 Å². The number of carbonyl (C=O) groups is 1. The summed E-state index contributed by atoms with van der Waals surface area (Å²) in [5.41, 5.74) is 0.341. The SMILES string of the molecule is CC/N=N\c1cc(-c2c(F)c(F)c(-c3cccc(CNC)c3)c(P)c2F)cc(C(=O)O)c1C. The number of nitrogens with one attached hydrogen (secondary N) is 1. The lowest BCUT2D eigenvalue weighted by molar-refractivity contribution is 0.0696. The molecule has 5 nitrogen and oxygen atoms in total. The van der Waals surface area contributed by atoms with Crippen LogP contribution in [-0.2, 0) is 6.54 Å². The molecule has 0 bridgehead atoms. The molecule has 1 unspecified atom stereocenters. The maximum atomic E-state index is 15.5. The number of carboxylic acid groups (broad SMARTS) is 1. The zero-order valence-corrected chi connectivity index (χ0v) is 19.5. The molecule has 3 rings (SSSR count). The molecule has 0 aliphatic heterocycles. The third-order valence-corrected chi connectivity index (χ3v) is 5.71. The molecule has 9 heteroatoms. The summed E-state index contributed by atoms with van der Waals surface area (Å²) in [5, 5.41) is 20.2. The highest BCUT2D eigenvalue weighted by Crippen LogP contribution is 2.37. The third-order valence-electron chi connectivity index (χ3n) is 5.17. The van der Waals surface area contributed by atoms with Gasteiger partial charge in [0.2, 0.25) is 0 Å². The van der Waals surface area contributed by atoms with E-state index in [1.807, 2.05) is 6.07 Å². The first-order chi connectivity index (χ1) is 15.7. The first-order valence-electron chi connectivity index (χ1n) is 10.2. The van der Waals surface area contributed by atoms with Crippen LogP contribution in [0, 0.1) is 24.4 Å². The molecule has 2 N–H and O–H groups in total. The number of azo groups is 1. The number of hydrogen-bond donors (Lipinski definition) is 2. The van der Waals surface area contributed by atoms with E-state index in [0.29, 0.717) is 18.7 Å². The van der Waals surface area contributed by atoms with Crippen LogP contribution < -0.4 is 10.6 Å². The standard InChI is InChI=1S/C24H23F3N3O2P/c1-4-29-30-17-10-15(9-16(12(17)2)24(31)32)18-20(25)21(26)19(23(33)22(18)27)14-7-5-6-13(8-14)11-28-3/h5-10,28H,4,11,33H2,1-3H3,(H,31,32)/b30-29-. The van der Waals surface area contributed by atoms with Crippen LogP contribution in [0.4, 0.5) is 18.9 Å². The second-order valence-corrected chi connectivity index (χ2v) is 7.94. The number of benzene rings is 3. The largest absolute Gasteiger partial charge is 0.478 e. The Bertz CT molecular complexity index is 1230. The van der Waals surface area contributed by atoms with Crippen molar-refractivity contribution in [2.75, 3.05) is 13.6 Å². The van der Waals surface area contributed by atoms with Gasteiger partial charge >= 0.3 is 5.97 Å². The summed E-state index contributed by atoms with van der Waals surface area (Å²) in [6, 6.07) is 9.13. The second-order valence-electron chi connectivity index (χ2n) is 7.37. The normalized spacial score (nSPS) is 11.4. The lowest BCUT2D eigenvalue weighted by Gasteiger charge is -2.16. The van der Waals surface area contributed by atoms with Crippen molar-refractivity contribution in [2.45, 2.75) is 20.4 Å². The van der Waals surface area contributed by atoms with E-state index >= 15 is 13.2 Å². The van der Waals surface area contributed by atoms with Gasteiger partial charge in [0.05, 0.1) is 23.4 Å². The molecule has 0 aromatic heterocycles. The second kappa shape index (κ2) is 10.2. The molecule has 1 atom stereocenters. The van der Waals surface area contributed by atoms with Gasteiger partial charge in [-0.05, 0) is 61.3 Å². The maximum absolute atomic E-state index is 15.5. The molecule has 33 heavy (non-hydrogen) atoms. The predicted octanol–water partition coefficient (Wildman–Crippen LogP) is 5.77. The van der Waals surface area contributed by atoms with Crippen LogP contribution >= 0.6 is 9.24 Å². The van der Waals surface area contributed by atoms with Crippen LogP contribution in [0.15, 0.2) is 46.6 Å². The van der Waals surface area contributed by atoms with Crippen molar-refractivity contribution in [2.24, 2.45) is 10.2 Å². The van der Waals surface area contributed by atoms with E-state index in [9.17, 15) is 9.90 Å². The molecular formula is C24H23F3N3O2P. The molecule has 0 spiro atoms. The van der Waals surface area contributed by atoms with Crippen molar-refractivity contribution >= 4 is 26.2 Å². The van der Waals surface area contributed by atoms with Gasteiger partial charge in [0.25, 0.3) is 0 Å². The highest BCUT2D eigenvalue weighted by atomic mass is 31.0. The van der Waals surface area contributed by atoms with Crippen LogP contribution in [0.3, 0.4) is 0 Å². The molecule has 3 aromatic carbocycles. The average molecular weight is 473 g/mol. The molecule has 0 amide bonds. The van der Waals surface area contributed by atoms with Crippen molar-refractivity contribution in [1.82, 2.24) is 5.32 Å². The van der Waals surface area contributed by atoms with E-state index in [0.717, 1.165) is 11.6 Å². The minimum atomic E-state index is -1.41. The smallest absolute Gasteiger partial charge is 0.336 e. The summed E-state index contributed by atoms with van der Waals surface area (Å²) >= 11 is 0. The Kier molecular flexibility index (Phi) is 7.61. The highest BCUT2D eigenvalue weighted by Gasteiger charge is 2.26. The van der Waals surface area contributed by atoms with Crippen molar-refractivity contribution in [1.29, 1.82) is 0 Å². The summed E-state index contributed by atoms with van der Waals surface area (Å²) in [4.78, 5) is 11.7. The summed E-state index contributed by atoms with van der Waals surface area (Å²) in [5.74, 6) is -4.95. The lowest BCUT2D eigenvalue weighted by atomic mass is 9.94. The van der Waals surface area contributed by atoms with Crippen molar-refractivity contribution < 1.29 is 23.1 Å². The summed E-state index contributed by atoms with van der Waals surface area (Å²) < 4.78 is 46.1. The summed E-state index contributed by atoms with van der Waals surface area (Å²) in [6.45, 7) is 4.09. The number of carboxylic acids is 1. The van der Waals surface area contributed by atoms with Crippen LogP contribution in [-0.4, -0.2) is 24.7 Å². The third kappa shape index (κ3) is 4.82. The van der Waals surface area contributed by atoms with Crippen molar-refractivity contribution in [3.63, 3.8) is 0 Å². The van der Waals surface area contributed by atoms with E-state index < -0.39 is 29.0 Å². The Morgan fingerprint density at radius 2 is 1.76 bits per heavy atom. The number of aromatic carboxylic acids is 1. The summed E-state index contributed by atoms with van der Waals surface area (Å²) in [7, 11) is 3.88. The quantitative estimate of drug-likeness (QED) is 0.260. The van der Waals surface area contributed by atoms with Crippen LogP contribution in [0.5, 0.6) is 0 Å². The molecule has 0 radical (unpaired) electrons. The van der Waals surface area contributed by atoms with Gasteiger partial charge in [-0.15, -0.1) is 9.24 Å². The first-order valence-corrected chi connectivity index (χ1v) is 10.7. The minimum absolute atomic E-state index is 0.139. The van der Waals surface area contributed by atoms with E-state index in [1.165, 1.54) is 13.0 Å². The molecule has 0 aliphatic rings. The van der Waals surface area contributed by atoms with Gasteiger partial charge in [0.15, 0.2) is 11.6 Å². The van der Waals surface area contributed by atoms with Gasteiger partial charge in [-0.3, -0.25) is 0 Å². The van der Waals surface area contributed by atoms with Crippen LogP contribution in [0.2, 0.25) is 0 Å². The maximum Gasteiger partial charge on any atom is 0.336 e. The van der Waals surface area contributed by atoms with Gasteiger partial charge in [-0.1, -0.05) is 18.2 Å². The number of halogens is 3. The van der Waals surface area contributed by atoms with Gasteiger partial charge in [-0.25, -0.2) is 18.0 Å². The zero-order valence-electron chi connectivity index (χ0n) is 18.3. The number of rotatable bonds is 7. The van der Waals surface area contributed by atoms with E-state index in [2.05, 4.69) is 24.8 Å². The average Bonchev–Trinajstić information content (AvgIpc) is 2.78. The molecule has 0 aliphatic carbocycles. The molecule has 0 saturated carbocycles. The molecule has 0 saturated heterocycles. The van der Waals surface area contributed by atoms with Gasteiger partial charge in [0, 0.05) is 17.4 Å². The molecule has 172 valence electrons. The van der Waals surface area contributed by atoms with Gasteiger partial charge in [-0.2, -0.15) is 10.2 Å². The predicted molar refractivity (Wildman–Crippen MR) is 126 cm³/mol. The van der Waals surface area contributed by atoms with Crippen molar-refractivity contribution in [3.05, 3.63) is 70.5 Å². The fourth-order valence-corrected chi connectivity index (χ4v) is 4.01. The Morgan fingerprint density at radius 3 is 2.39 bits per heavy atom. The van der Waals surface area contributed by atoms with Crippen LogP contribution in [0.25, 0.3) is 22.3 Å². The molecular weight excluding hydrogens is 450 g/mol. The van der Waals surface area contributed by atoms with E-state index in [4.69, 9.17) is 0 Å². The molecule has 0 heterocycles. The zero-order chi connectivity index (χ0) is 24.3. The van der Waals surface area contributed by atoms with Gasteiger partial charge < -0.3 is 10.4 Å². The van der Waals surface area contributed by atoms with E-state index in [1.54, 1.807) is 32.2 Å².